The molecule has 9 nitrogen and oxygen atoms in total. The molecule has 1 aromatic carbocycles. The minimum absolute atomic E-state index is 0.0736. The van der Waals surface area contributed by atoms with Gasteiger partial charge in [0, 0.05) is 36.7 Å². The van der Waals surface area contributed by atoms with Crippen LogP contribution in [0.1, 0.15) is 41.6 Å². The number of likely N-dealkylation sites (tertiary alicyclic amines) is 1. The monoisotopic (exact) mass is 428 g/mol. The van der Waals surface area contributed by atoms with E-state index in [1.807, 2.05) is 19.0 Å². The molecule has 0 spiro atoms. The first-order valence-corrected chi connectivity index (χ1v) is 10.7. The van der Waals surface area contributed by atoms with Gasteiger partial charge in [0.05, 0.1) is 6.54 Å². The van der Waals surface area contributed by atoms with Crippen molar-refractivity contribution in [3.05, 3.63) is 29.3 Å². The lowest BCUT2D eigenvalue weighted by Gasteiger charge is -2.36. The van der Waals surface area contributed by atoms with Gasteiger partial charge < -0.3 is 19.4 Å². The molecule has 0 saturated carbocycles. The van der Waals surface area contributed by atoms with Crippen LogP contribution in [0, 0.1) is 0 Å². The second-order valence-corrected chi connectivity index (χ2v) is 8.57. The number of ether oxygens (including phenoxy) is 1. The average Bonchev–Trinajstić information content (AvgIpc) is 3.09. The summed E-state index contributed by atoms with van der Waals surface area (Å²) in [5.74, 6) is -0.616. The summed E-state index contributed by atoms with van der Waals surface area (Å²) in [6.07, 6.45) is 2.55. The molecule has 0 radical (unpaired) electrons. The number of imide groups is 1. The molecule has 4 rings (SSSR count). The summed E-state index contributed by atoms with van der Waals surface area (Å²) in [6.45, 7) is 1.53. The maximum absolute atomic E-state index is 12.9. The van der Waals surface area contributed by atoms with Gasteiger partial charge in [-0.05, 0) is 45.5 Å². The highest BCUT2D eigenvalue weighted by Crippen LogP contribution is 2.33. The molecule has 2 unspecified atom stereocenters. The van der Waals surface area contributed by atoms with E-state index in [0.29, 0.717) is 35.9 Å². The van der Waals surface area contributed by atoms with Crippen LogP contribution < -0.4 is 10.1 Å². The average molecular weight is 428 g/mol. The smallest absolute Gasteiger partial charge is 0.260 e. The molecule has 2 saturated heterocycles. The van der Waals surface area contributed by atoms with E-state index in [0.717, 1.165) is 19.4 Å². The van der Waals surface area contributed by atoms with Crippen LogP contribution in [0.2, 0.25) is 0 Å². The molecule has 0 bridgehead atoms. The van der Waals surface area contributed by atoms with E-state index in [4.69, 9.17) is 4.74 Å². The van der Waals surface area contributed by atoms with Crippen LogP contribution in [0.25, 0.3) is 0 Å². The van der Waals surface area contributed by atoms with Gasteiger partial charge in [-0.3, -0.25) is 24.5 Å². The zero-order valence-electron chi connectivity index (χ0n) is 17.9. The number of rotatable bonds is 5. The predicted octanol–water partition coefficient (Wildman–Crippen LogP) is 0.379. The first-order valence-electron chi connectivity index (χ1n) is 10.7. The summed E-state index contributed by atoms with van der Waals surface area (Å²) in [5.41, 5.74) is 1.15. The van der Waals surface area contributed by atoms with E-state index in [1.54, 1.807) is 18.2 Å². The maximum Gasteiger partial charge on any atom is 0.260 e. The second kappa shape index (κ2) is 8.66. The minimum Gasteiger partial charge on any atom is -0.483 e. The van der Waals surface area contributed by atoms with Crippen LogP contribution in [0.4, 0.5) is 0 Å². The summed E-state index contributed by atoms with van der Waals surface area (Å²) in [4.78, 5) is 54.7. The third-order valence-corrected chi connectivity index (χ3v) is 6.37. The van der Waals surface area contributed by atoms with E-state index >= 15 is 0 Å². The molecular weight excluding hydrogens is 400 g/mol. The van der Waals surface area contributed by atoms with Crippen LogP contribution in [0.15, 0.2) is 18.2 Å². The highest BCUT2D eigenvalue weighted by atomic mass is 16.5. The molecular formula is C22H28N4O5. The Balaban J connectivity index is 1.42. The fourth-order valence-corrected chi connectivity index (χ4v) is 4.53. The molecule has 4 amide bonds. The molecule has 0 aliphatic carbocycles. The standard InChI is InChI=1S/C22H28N4O5/c1-24(2)14-5-4-10-25(11-14)20(28)13-31-18-7-3-6-15-16(18)12-26(22(15)30)17-8-9-19(27)23-21(17)29/h3,6-7,14,17H,4-5,8-13H2,1-2H3,(H,23,27,29). The number of benzene rings is 1. The lowest BCUT2D eigenvalue weighted by molar-refractivity contribution is -0.137. The number of hydrogen-bond donors (Lipinski definition) is 1. The Morgan fingerprint density at radius 1 is 1.23 bits per heavy atom. The van der Waals surface area contributed by atoms with E-state index in [2.05, 4.69) is 10.2 Å². The maximum atomic E-state index is 12.9. The van der Waals surface area contributed by atoms with Crippen LogP contribution in [0.5, 0.6) is 5.75 Å². The first kappa shape index (κ1) is 21.3. The zero-order chi connectivity index (χ0) is 22.1. The molecule has 3 heterocycles. The highest BCUT2D eigenvalue weighted by Gasteiger charge is 2.40. The van der Waals surface area contributed by atoms with Crippen LogP contribution in [0.3, 0.4) is 0 Å². The number of fused-ring (bicyclic) bond motifs is 1. The quantitative estimate of drug-likeness (QED) is 0.681. The summed E-state index contributed by atoms with van der Waals surface area (Å²) in [5, 5.41) is 2.30. The molecule has 2 fully saturated rings. The summed E-state index contributed by atoms with van der Waals surface area (Å²) >= 11 is 0. The summed E-state index contributed by atoms with van der Waals surface area (Å²) < 4.78 is 5.85. The third kappa shape index (κ3) is 4.27. The van der Waals surface area contributed by atoms with Gasteiger partial charge in [-0.1, -0.05) is 6.07 Å². The second-order valence-electron chi connectivity index (χ2n) is 8.57. The van der Waals surface area contributed by atoms with E-state index in [9.17, 15) is 19.2 Å². The first-order chi connectivity index (χ1) is 14.8. The molecule has 2 atom stereocenters. The zero-order valence-corrected chi connectivity index (χ0v) is 17.9. The van der Waals surface area contributed by atoms with Crippen molar-refractivity contribution in [1.29, 1.82) is 0 Å². The Morgan fingerprint density at radius 3 is 2.77 bits per heavy atom. The topological polar surface area (TPSA) is 99.3 Å². The normalized spacial score (nSPS) is 23.8. The van der Waals surface area contributed by atoms with Crippen molar-refractivity contribution < 1.29 is 23.9 Å². The van der Waals surface area contributed by atoms with Gasteiger partial charge in [-0.25, -0.2) is 0 Å². The largest absolute Gasteiger partial charge is 0.483 e. The van der Waals surface area contributed by atoms with Gasteiger partial charge in [0.2, 0.25) is 11.8 Å². The predicted molar refractivity (Wildman–Crippen MR) is 111 cm³/mol. The van der Waals surface area contributed by atoms with E-state index in [1.165, 1.54) is 4.90 Å². The van der Waals surface area contributed by atoms with Crippen molar-refractivity contribution in [3.63, 3.8) is 0 Å². The van der Waals surface area contributed by atoms with Crippen molar-refractivity contribution >= 4 is 23.6 Å². The number of likely N-dealkylation sites (N-methyl/N-ethyl adjacent to an activating group) is 1. The van der Waals surface area contributed by atoms with Crippen LogP contribution in [-0.2, 0) is 20.9 Å². The van der Waals surface area contributed by atoms with E-state index in [-0.39, 0.29) is 37.3 Å². The van der Waals surface area contributed by atoms with Crippen molar-refractivity contribution in [2.75, 3.05) is 33.8 Å². The Hall–Kier alpha value is -2.94. The van der Waals surface area contributed by atoms with Crippen LogP contribution >= 0.6 is 0 Å². The fourth-order valence-electron chi connectivity index (χ4n) is 4.53. The van der Waals surface area contributed by atoms with Gasteiger partial charge in [0.1, 0.15) is 11.8 Å². The number of hydrogen-bond acceptors (Lipinski definition) is 6. The van der Waals surface area contributed by atoms with Gasteiger partial charge in [0.15, 0.2) is 6.61 Å². The molecule has 31 heavy (non-hydrogen) atoms. The van der Waals surface area contributed by atoms with Crippen molar-refractivity contribution in [2.24, 2.45) is 0 Å². The minimum atomic E-state index is -0.677. The Morgan fingerprint density at radius 2 is 2.03 bits per heavy atom. The Labute approximate surface area is 181 Å². The van der Waals surface area contributed by atoms with Crippen molar-refractivity contribution in [3.8, 4) is 5.75 Å². The summed E-state index contributed by atoms with van der Waals surface area (Å²) in [6, 6.07) is 4.83. The lowest BCUT2D eigenvalue weighted by Crippen LogP contribution is -2.52. The van der Waals surface area contributed by atoms with Crippen molar-refractivity contribution in [2.45, 2.75) is 44.3 Å². The number of piperidine rings is 2. The van der Waals surface area contributed by atoms with Gasteiger partial charge in [0.25, 0.3) is 11.8 Å². The SMILES string of the molecule is CN(C)C1CCCN(C(=O)COc2cccc3c2CN(C2CCC(=O)NC2=O)C3=O)C1. The molecule has 0 aromatic heterocycles. The number of nitrogens with zero attached hydrogens (tertiary/aromatic N) is 3. The fraction of sp³-hybridized carbons (Fsp3) is 0.545. The summed E-state index contributed by atoms with van der Waals surface area (Å²) in [7, 11) is 4.04. The van der Waals surface area contributed by atoms with Gasteiger partial charge in [-0.2, -0.15) is 0 Å². The lowest BCUT2D eigenvalue weighted by atomic mass is 10.0. The van der Waals surface area contributed by atoms with Crippen molar-refractivity contribution in [1.82, 2.24) is 20.0 Å². The number of carbonyl (C=O) groups is 4. The third-order valence-electron chi connectivity index (χ3n) is 6.37. The Bertz CT molecular complexity index is 915. The molecule has 3 aliphatic rings. The number of nitrogens with one attached hydrogen (secondary N) is 1. The van der Waals surface area contributed by atoms with Gasteiger partial charge >= 0.3 is 0 Å². The number of carbonyl (C=O) groups excluding carboxylic acids is 4. The molecule has 1 N–H and O–H groups in total. The van der Waals surface area contributed by atoms with Gasteiger partial charge in [-0.15, -0.1) is 0 Å². The highest BCUT2D eigenvalue weighted by molar-refractivity contribution is 6.05. The van der Waals surface area contributed by atoms with Crippen LogP contribution in [-0.4, -0.2) is 84.2 Å². The molecule has 9 heteroatoms. The Kier molecular flexibility index (Phi) is 5.95. The van der Waals surface area contributed by atoms with E-state index < -0.39 is 11.9 Å². The number of amides is 4. The molecule has 1 aromatic rings. The molecule has 3 aliphatic heterocycles. The molecule has 166 valence electrons.